The average molecular weight is 367 g/mol. The van der Waals surface area contributed by atoms with Crippen molar-refractivity contribution in [1.82, 2.24) is 10.6 Å². The summed E-state index contributed by atoms with van der Waals surface area (Å²) in [6, 6.07) is 5.40. The van der Waals surface area contributed by atoms with Gasteiger partial charge in [-0.3, -0.25) is 9.59 Å². The lowest BCUT2D eigenvalue weighted by molar-refractivity contribution is -0.132. The Kier molecular flexibility index (Phi) is 5.70. The molecule has 2 saturated heterocycles. The number of hydrogen-bond acceptors (Lipinski definition) is 4. The smallest absolute Gasteiger partial charge is 0.387 e. The van der Waals surface area contributed by atoms with Crippen LogP contribution in [0.4, 0.5) is 14.5 Å². The second-order valence-electron chi connectivity index (χ2n) is 6.77. The molecule has 2 N–H and O–H groups in total. The molecular weight excluding hydrogens is 344 g/mol. The summed E-state index contributed by atoms with van der Waals surface area (Å²) in [5.74, 6) is -0.0539. The van der Waals surface area contributed by atoms with Gasteiger partial charge in [0.05, 0.1) is 0 Å². The summed E-state index contributed by atoms with van der Waals surface area (Å²) in [7, 11) is 0. The molecule has 2 fully saturated rings. The number of rotatable bonds is 6. The van der Waals surface area contributed by atoms with E-state index in [1.165, 1.54) is 12.1 Å². The Hall–Kier alpha value is -2.22. The van der Waals surface area contributed by atoms with Crippen LogP contribution in [0, 0.1) is 11.8 Å². The Morgan fingerprint density at radius 2 is 2.00 bits per heavy atom. The predicted molar refractivity (Wildman–Crippen MR) is 92.1 cm³/mol. The van der Waals surface area contributed by atoms with Crippen molar-refractivity contribution in [1.29, 1.82) is 0 Å². The molecule has 0 saturated carbocycles. The first kappa shape index (κ1) is 18.6. The number of ether oxygens (including phenoxy) is 1. The van der Waals surface area contributed by atoms with Crippen LogP contribution in [0.3, 0.4) is 0 Å². The zero-order valence-electron chi connectivity index (χ0n) is 14.6. The highest BCUT2D eigenvalue weighted by Crippen LogP contribution is 2.25. The van der Waals surface area contributed by atoms with E-state index in [-0.39, 0.29) is 23.5 Å². The Labute approximate surface area is 150 Å². The third-order valence-electron chi connectivity index (χ3n) is 5.06. The summed E-state index contributed by atoms with van der Waals surface area (Å²) in [6.45, 7) is 1.18. The molecule has 2 aliphatic rings. The van der Waals surface area contributed by atoms with E-state index in [4.69, 9.17) is 0 Å². The summed E-state index contributed by atoms with van der Waals surface area (Å²) in [5, 5.41) is 6.01. The van der Waals surface area contributed by atoms with Crippen LogP contribution in [0.5, 0.6) is 5.75 Å². The standard InChI is InChI=1S/C18H23F2N3O3/c1-11(12-9-21-10-12)16(24)22-15-3-2-8-23(17(15)25)13-4-6-14(7-5-13)26-18(19)20/h4-7,11-12,15,18,21H,2-3,8-10H2,1H3,(H,22,24). The van der Waals surface area contributed by atoms with Crippen LogP contribution in [0.1, 0.15) is 19.8 Å². The lowest BCUT2D eigenvalue weighted by Crippen LogP contribution is -2.56. The maximum absolute atomic E-state index is 12.7. The van der Waals surface area contributed by atoms with Gasteiger partial charge in [0.2, 0.25) is 11.8 Å². The van der Waals surface area contributed by atoms with E-state index in [1.807, 2.05) is 6.92 Å². The minimum Gasteiger partial charge on any atom is -0.435 e. The second-order valence-corrected chi connectivity index (χ2v) is 6.77. The molecule has 2 aliphatic heterocycles. The predicted octanol–water partition coefficient (Wildman–Crippen LogP) is 1.76. The number of nitrogens with one attached hydrogen (secondary N) is 2. The number of benzene rings is 1. The molecular formula is C18H23F2N3O3. The number of halogens is 2. The van der Waals surface area contributed by atoms with Crippen LogP contribution >= 0.6 is 0 Å². The summed E-state index contributed by atoms with van der Waals surface area (Å²) in [5.41, 5.74) is 0.604. The van der Waals surface area contributed by atoms with Gasteiger partial charge in [0.1, 0.15) is 11.8 Å². The van der Waals surface area contributed by atoms with Gasteiger partial charge in [0.15, 0.2) is 0 Å². The van der Waals surface area contributed by atoms with Gasteiger partial charge in [-0.25, -0.2) is 0 Å². The molecule has 2 unspecified atom stereocenters. The maximum atomic E-state index is 12.7. The van der Waals surface area contributed by atoms with Crippen molar-refractivity contribution >= 4 is 17.5 Å². The minimum absolute atomic E-state index is 0.0426. The van der Waals surface area contributed by atoms with Gasteiger partial charge in [-0.05, 0) is 56.1 Å². The third kappa shape index (κ3) is 4.12. The number of amides is 2. The van der Waals surface area contributed by atoms with Crippen molar-refractivity contribution < 1.29 is 23.1 Å². The molecule has 2 amide bonds. The topological polar surface area (TPSA) is 70.7 Å². The van der Waals surface area contributed by atoms with Crippen LogP contribution in [0.2, 0.25) is 0 Å². The number of carbonyl (C=O) groups is 2. The first-order valence-electron chi connectivity index (χ1n) is 8.83. The summed E-state index contributed by atoms with van der Waals surface area (Å²) >= 11 is 0. The van der Waals surface area contributed by atoms with Crippen molar-refractivity contribution in [3.8, 4) is 5.75 Å². The highest BCUT2D eigenvalue weighted by atomic mass is 19.3. The van der Waals surface area contributed by atoms with Gasteiger partial charge >= 0.3 is 6.61 Å². The average Bonchev–Trinajstić information content (AvgIpc) is 2.55. The lowest BCUT2D eigenvalue weighted by Gasteiger charge is -2.35. The molecule has 26 heavy (non-hydrogen) atoms. The van der Waals surface area contributed by atoms with Gasteiger partial charge < -0.3 is 20.3 Å². The van der Waals surface area contributed by atoms with Gasteiger partial charge in [0.25, 0.3) is 0 Å². The number of nitrogens with zero attached hydrogens (tertiary/aromatic N) is 1. The van der Waals surface area contributed by atoms with E-state index in [0.717, 1.165) is 19.5 Å². The Balaban J connectivity index is 1.62. The molecule has 142 valence electrons. The molecule has 2 atom stereocenters. The molecule has 6 nitrogen and oxygen atoms in total. The van der Waals surface area contributed by atoms with E-state index < -0.39 is 12.7 Å². The fourth-order valence-corrected chi connectivity index (χ4v) is 3.25. The molecule has 2 heterocycles. The molecule has 1 aromatic carbocycles. The number of carbonyl (C=O) groups excluding carboxylic acids is 2. The van der Waals surface area contributed by atoms with Crippen LogP contribution in [0.25, 0.3) is 0 Å². The number of alkyl halides is 2. The lowest BCUT2D eigenvalue weighted by atomic mass is 9.88. The van der Waals surface area contributed by atoms with E-state index in [9.17, 15) is 18.4 Å². The minimum atomic E-state index is -2.88. The Bertz CT molecular complexity index is 650. The van der Waals surface area contributed by atoms with E-state index >= 15 is 0 Å². The number of anilines is 1. The second kappa shape index (κ2) is 7.99. The van der Waals surface area contributed by atoms with Gasteiger partial charge in [-0.1, -0.05) is 6.92 Å². The van der Waals surface area contributed by atoms with Crippen molar-refractivity contribution in [2.45, 2.75) is 32.4 Å². The quantitative estimate of drug-likeness (QED) is 0.804. The SMILES string of the molecule is CC(C(=O)NC1CCCN(c2ccc(OC(F)F)cc2)C1=O)C1CNC1. The van der Waals surface area contributed by atoms with Crippen molar-refractivity contribution in [2.24, 2.45) is 11.8 Å². The number of hydrogen-bond donors (Lipinski definition) is 2. The zero-order chi connectivity index (χ0) is 18.7. The molecule has 0 radical (unpaired) electrons. The summed E-state index contributed by atoms with van der Waals surface area (Å²) in [6.07, 6.45) is 1.36. The Morgan fingerprint density at radius 3 is 2.58 bits per heavy atom. The van der Waals surface area contributed by atoms with E-state index in [0.29, 0.717) is 24.6 Å². The van der Waals surface area contributed by atoms with Crippen molar-refractivity contribution in [2.75, 3.05) is 24.5 Å². The van der Waals surface area contributed by atoms with Gasteiger partial charge in [0, 0.05) is 18.2 Å². The van der Waals surface area contributed by atoms with Gasteiger partial charge in [-0.15, -0.1) is 0 Å². The summed E-state index contributed by atoms with van der Waals surface area (Å²) < 4.78 is 28.8. The zero-order valence-corrected chi connectivity index (χ0v) is 14.6. The largest absolute Gasteiger partial charge is 0.435 e. The van der Waals surface area contributed by atoms with E-state index in [2.05, 4.69) is 15.4 Å². The highest BCUT2D eigenvalue weighted by Gasteiger charge is 2.34. The molecule has 0 aromatic heterocycles. The molecule has 0 spiro atoms. The molecule has 8 heteroatoms. The Morgan fingerprint density at radius 1 is 1.31 bits per heavy atom. The third-order valence-corrected chi connectivity index (χ3v) is 5.06. The molecule has 0 aliphatic carbocycles. The summed E-state index contributed by atoms with van der Waals surface area (Å²) in [4.78, 5) is 26.7. The van der Waals surface area contributed by atoms with E-state index in [1.54, 1.807) is 17.0 Å². The molecule has 0 bridgehead atoms. The normalized spacial score (nSPS) is 22.1. The monoisotopic (exact) mass is 367 g/mol. The van der Waals surface area contributed by atoms with Crippen LogP contribution in [-0.2, 0) is 9.59 Å². The van der Waals surface area contributed by atoms with Crippen molar-refractivity contribution in [3.63, 3.8) is 0 Å². The van der Waals surface area contributed by atoms with Crippen LogP contribution in [-0.4, -0.2) is 44.1 Å². The molecule has 3 rings (SSSR count). The number of piperidine rings is 1. The highest BCUT2D eigenvalue weighted by molar-refractivity contribution is 6.00. The first-order valence-corrected chi connectivity index (χ1v) is 8.83. The fraction of sp³-hybridized carbons (Fsp3) is 0.556. The molecule has 1 aromatic rings. The maximum Gasteiger partial charge on any atom is 0.387 e. The first-order chi connectivity index (χ1) is 12.5. The fourth-order valence-electron chi connectivity index (χ4n) is 3.25. The van der Waals surface area contributed by atoms with Crippen LogP contribution in [0.15, 0.2) is 24.3 Å². The van der Waals surface area contributed by atoms with Gasteiger partial charge in [-0.2, -0.15) is 8.78 Å². The van der Waals surface area contributed by atoms with Crippen molar-refractivity contribution in [3.05, 3.63) is 24.3 Å². The van der Waals surface area contributed by atoms with Crippen LogP contribution < -0.4 is 20.3 Å².